The molecule has 2 aromatic carbocycles. The first-order chi connectivity index (χ1) is 15.7. The SMILES string of the molecule is O=C(Cc1cnc2c(c1)N(S(=O)(=O)c1cccc(Cl)c1)[C@H](CO)CO2)c1c(Cl)cccc1Cl. The third-order valence-electron chi connectivity index (χ3n) is 5.04. The van der Waals surface area contributed by atoms with E-state index in [1.165, 1.54) is 30.5 Å². The van der Waals surface area contributed by atoms with Crippen LogP contribution in [0.2, 0.25) is 15.1 Å². The highest BCUT2D eigenvalue weighted by molar-refractivity contribution is 7.92. The number of aliphatic hydroxyl groups excluding tert-OH is 1. The van der Waals surface area contributed by atoms with E-state index in [2.05, 4.69) is 4.98 Å². The number of nitrogens with zero attached hydrogens (tertiary/aromatic N) is 2. The number of carbonyl (C=O) groups excluding carboxylic acids is 1. The van der Waals surface area contributed by atoms with Crippen LogP contribution in [0.15, 0.2) is 59.6 Å². The first kappa shape index (κ1) is 23.8. The molecule has 0 saturated heterocycles. The van der Waals surface area contributed by atoms with Crippen molar-refractivity contribution in [3.05, 3.63) is 80.9 Å². The van der Waals surface area contributed by atoms with Gasteiger partial charge in [-0.1, -0.05) is 46.9 Å². The number of ether oxygens (including phenoxy) is 1. The normalized spacial score (nSPS) is 15.6. The third-order valence-corrected chi connectivity index (χ3v) is 7.77. The minimum Gasteiger partial charge on any atom is -0.474 e. The zero-order valence-electron chi connectivity index (χ0n) is 16.9. The number of ketones is 1. The predicted octanol–water partition coefficient (Wildman–Crippen LogP) is 4.42. The van der Waals surface area contributed by atoms with Gasteiger partial charge in [0.15, 0.2) is 5.78 Å². The number of benzene rings is 2. The van der Waals surface area contributed by atoms with E-state index in [9.17, 15) is 18.3 Å². The summed E-state index contributed by atoms with van der Waals surface area (Å²) in [6.07, 6.45) is 1.30. The van der Waals surface area contributed by atoms with Gasteiger partial charge in [0.1, 0.15) is 18.3 Å². The molecule has 1 aliphatic heterocycles. The van der Waals surface area contributed by atoms with Gasteiger partial charge in [-0.2, -0.15) is 0 Å². The first-order valence-electron chi connectivity index (χ1n) is 9.72. The lowest BCUT2D eigenvalue weighted by molar-refractivity contribution is 0.0993. The van der Waals surface area contributed by atoms with Crippen LogP contribution in [0.5, 0.6) is 5.88 Å². The molecule has 33 heavy (non-hydrogen) atoms. The molecule has 0 unspecified atom stereocenters. The van der Waals surface area contributed by atoms with Gasteiger partial charge in [0.2, 0.25) is 5.88 Å². The van der Waals surface area contributed by atoms with Crippen LogP contribution in [0, 0.1) is 0 Å². The Morgan fingerprint density at radius 3 is 2.48 bits per heavy atom. The summed E-state index contributed by atoms with van der Waals surface area (Å²) in [5.74, 6) is -0.288. The number of hydrogen-bond donors (Lipinski definition) is 1. The molecular weight excluding hydrogens is 511 g/mol. The Balaban J connectivity index is 1.75. The molecule has 4 rings (SSSR count). The fourth-order valence-corrected chi connectivity index (χ4v) is 6.05. The number of hydrogen-bond acceptors (Lipinski definition) is 6. The minimum atomic E-state index is -4.13. The maximum absolute atomic E-state index is 13.5. The second kappa shape index (κ2) is 9.48. The first-order valence-corrected chi connectivity index (χ1v) is 12.3. The maximum Gasteiger partial charge on any atom is 0.265 e. The highest BCUT2D eigenvalue weighted by Crippen LogP contribution is 2.37. The van der Waals surface area contributed by atoms with Crippen LogP contribution < -0.4 is 9.04 Å². The molecule has 7 nitrogen and oxygen atoms in total. The molecule has 1 atom stereocenters. The second-order valence-corrected chi connectivity index (χ2v) is 10.3. The van der Waals surface area contributed by atoms with E-state index >= 15 is 0 Å². The molecule has 0 radical (unpaired) electrons. The average Bonchev–Trinajstić information content (AvgIpc) is 2.78. The molecule has 11 heteroatoms. The molecule has 1 aliphatic rings. The fraction of sp³-hybridized carbons (Fsp3) is 0.182. The highest BCUT2D eigenvalue weighted by Gasteiger charge is 2.38. The Kier molecular flexibility index (Phi) is 6.83. The van der Waals surface area contributed by atoms with Crippen LogP contribution in [-0.2, 0) is 16.4 Å². The number of fused-ring (bicyclic) bond motifs is 1. The molecule has 172 valence electrons. The van der Waals surface area contributed by atoms with E-state index in [0.29, 0.717) is 5.56 Å². The summed E-state index contributed by atoms with van der Waals surface area (Å²) in [6.45, 7) is -0.582. The number of Topliss-reactive ketones (excluding diaryl/α,β-unsaturated/α-hetero) is 1. The van der Waals surface area contributed by atoms with Crippen LogP contribution in [-0.4, -0.2) is 43.5 Å². The molecule has 1 aromatic heterocycles. The Labute approximate surface area is 205 Å². The van der Waals surface area contributed by atoms with E-state index in [1.54, 1.807) is 24.3 Å². The van der Waals surface area contributed by atoms with Gasteiger partial charge in [0.05, 0.1) is 27.1 Å². The number of rotatable bonds is 6. The van der Waals surface area contributed by atoms with Gasteiger partial charge >= 0.3 is 0 Å². The van der Waals surface area contributed by atoms with Crippen molar-refractivity contribution in [1.82, 2.24) is 4.98 Å². The fourth-order valence-electron chi connectivity index (χ4n) is 3.52. The summed E-state index contributed by atoms with van der Waals surface area (Å²) in [5.41, 5.74) is 0.700. The summed E-state index contributed by atoms with van der Waals surface area (Å²) < 4.78 is 33.6. The molecule has 3 aromatic rings. The standard InChI is InChI=1S/C22H17Cl3N2O5S/c23-14-3-1-4-16(9-14)33(30,31)27-15(11-28)12-32-22-19(27)7-13(10-26-22)8-20(29)21-17(24)5-2-6-18(21)25/h1-7,9-10,15,28H,8,11-12H2/t15-/m1/s1. The lowest BCUT2D eigenvalue weighted by Crippen LogP contribution is -2.49. The molecule has 0 spiro atoms. The van der Waals surface area contributed by atoms with E-state index in [0.717, 1.165) is 4.31 Å². The van der Waals surface area contributed by atoms with Gasteiger partial charge in [-0.05, 0) is 42.0 Å². The molecule has 0 bridgehead atoms. The van der Waals surface area contributed by atoms with Crippen LogP contribution in [0.4, 0.5) is 5.69 Å². The van der Waals surface area contributed by atoms with Gasteiger partial charge in [0, 0.05) is 17.6 Å². The monoisotopic (exact) mass is 526 g/mol. The quantitative estimate of drug-likeness (QED) is 0.477. The summed E-state index contributed by atoms with van der Waals surface area (Å²) >= 11 is 18.3. The lowest BCUT2D eigenvalue weighted by Gasteiger charge is -2.36. The molecule has 0 saturated carbocycles. The molecule has 2 heterocycles. The summed E-state index contributed by atoms with van der Waals surface area (Å²) in [7, 11) is -4.13. The number of aromatic nitrogens is 1. The van der Waals surface area contributed by atoms with Crippen molar-refractivity contribution in [3.8, 4) is 5.88 Å². The Bertz CT molecular complexity index is 1310. The van der Waals surface area contributed by atoms with Crippen molar-refractivity contribution in [2.75, 3.05) is 17.5 Å². The number of aliphatic hydroxyl groups is 1. The number of sulfonamides is 1. The second-order valence-electron chi connectivity index (χ2n) is 7.27. The average molecular weight is 528 g/mol. The number of pyridine rings is 1. The van der Waals surface area contributed by atoms with Crippen LogP contribution >= 0.6 is 34.8 Å². The molecule has 1 N–H and O–H groups in total. The van der Waals surface area contributed by atoms with Crippen LogP contribution in [0.3, 0.4) is 0 Å². The van der Waals surface area contributed by atoms with Crippen molar-refractivity contribution < 1.29 is 23.1 Å². The van der Waals surface area contributed by atoms with Crippen molar-refractivity contribution in [3.63, 3.8) is 0 Å². The van der Waals surface area contributed by atoms with Crippen LogP contribution in [0.25, 0.3) is 0 Å². The van der Waals surface area contributed by atoms with E-state index in [1.807, 2.05) is 0 Å². The van der Waals surface area contributed by atoms with Crippen molar-refractivity contribution in [2.45, 2.75) is 17.4 Å². The molecule has 0 fully saturated rings. The van der Waals surface area contributed by atoms with Crippen LogP contribution in [0.1, 0.15) is 15.9 Å². The summed E-state index contributed by atoms with van der Waals surface area (Å²) in [4.78, 5) is 17.0. The maximum atomic E-state index is 13.5. The summed E-state index contributed by atoms with van der Waals surface area (Å²) in [5, 5.41) is 10.5. The zero-order chi connectivity index (χ0) is 23.8. The van der Waals surface area contributed by atoms with Gasteiger partial charge in [0.25, 0.3) is 10.0 Å². The number of anilines is 1. The minimum absolute atomic E-state index is 0.0503. The van der Waals surface area contributed by atoms with E-state index in [4.69, 9.17) is 39.5 Å². The summed E-state index contributed by atoms with van der Waals surface area (Å²) in [6, 6.07) is 11.2. The van der Waals surface area contributed by atoms with E-state index in [-0.39, 0.29) is 55.9 Å². The number of halogens is 3. The zero-order valence-corrected chi connectivity index (χ0v) is 20.0. The topological polar surface area (TPSA) is 96.8 Å². The molecular formula is C22H17Cl3N2O5S. The third kappa shape index (κ3) is 4.67. The van der Waals surface area contributed by atoms with Crippen molar-refractivity contribution in [2.24, 2.45) is 0 Å². The van der Waals surface area contributed by atoms with Crippen molar-refractivity contribution >= 4 is 56.3 Å². The van der Waals surface area contributed by atoms with Gasteiger partial charge in [-0.3, -0.25) is 9.10 Å². The Morgan fingerprint density at radius 2 is 1.82 bits per heavy atom. The Hall–Kier alpha value is -2.36. The van der Waals surface area contributed by atoms with E-state index < -0.39 is 22.7 Å². The Morgan fingerprint density at radius 1 is 1.12 bits per heavy atom. The molecule has 0 aliphatic carbocycles. The highest BCUT2D eigenvalue weighted by atomic mass is 35.5. The largest absolute Gasteiger partial charge is 0.474 e. The van der Waals surface area contributed by atoms with Crippen molar-refractivity contribution in [1.29, 1.82) is 0 Å². The molecule has 0 amide bonds. The van der Waals surface area contributed by atoms with Gasteiger partial charge < -0.3 is 9.84 Å². The lowest BCUT2D eigenvalue weighted by atomic mass is 10.0. The van der Waals surface area contributed by atoms with Gasteiger partial charge in [-0.25, -0.2) is 13.4 Å². The predicted molar refractivity (Wildman–Crippen MR) is 126 cm³/mol. The number of carbonyl (C=O) groups is 1. The van der Waals surface area contributed by atoms with Gasteiger partial charge in [-0.15, -0.1) is 0 Å². The smallest absolute Gasteiger partial charge is 0.265 e.